The van der Waals surface area contributed by atoms with Gasteiger partial charge in [0.05, 0.1) is 12.7 Å². The van der Waals surface area contributed by atoms with E-state index in [1.807, 2.05) is 0 Å². The van der Waals surface area contributed by atoms with E-state index in [-0.39, 0.29) is 5.92 Å². The van der Waals surface area contributed by atoms with Gasteiger partial charge in [0.1, 0.15) is 5.84 Å². The number of morpholine rings is 1. The number of oxime groups is 1. The number of piperidine rings is 1. The van der Waals surface area contributed by atoms with Gasteiger partial charge >= 0.3 is 0 Å². The summed E-state index contributed by atoms with van der Waals surface area (Å²) in [6.07, 6.45) is 2.26. The van der Waals surface area contributed by atoms with Gasteiger partial charge < -0.3 is 25.5 Å². The van der Waals surface area contributed by atoms with Gasteiger partial charge in [-0.15, -0.1) is 0 Å². The Balaban J connectivity index is 1.73. The quantitative estimate of drug-likeness (QED) is 0.316. The molecule has 3 N–H and O–H groups in total. The van der Waals surface area contributed by atoms with E-state index in [0.29, 0.717) is 11.9 Å². The largest absolute Gasteiger partial charge is 0.409 e. The van der Waals surface area contributed by atoms with Crippen molar-refractivity contribution < 1.29 is 9.94 Å². The van der Waals surface area contributed by atoms with E-state index in [1.54, 1.807) is 0 Å². The zero-order valence-electron chi connectivity index (χ0n) is 11.1. The Morgan fingerprint density at radius 1 is 1.39 bits per heavy atom. The number of amidine groups is 1. The van der Waals surface area contributed by atoms with Crippen LogP contribution < -0.4 is 5.73 Å². The van der Waals surface area contributed by atoms with Crippen molar-refractivity contribution in [3.63, 3.8) is 0 Å². The van der Waals surface area contributed by atoms with Crippen LogP contribution in [0.5, 0.6) is 0 Å². The van der Waals surface area contributed by atoms with E-state index in [0.717, 1.165) is 52.2 Å². The molecule has 6 nitrogen and oxygen atoms in total. The monoisotopic (exact) mass is 256 g/mol. The van der Waals surface area contributed by atoms with Crippen molar-refractivity contribution >= 4 is 5.84 Å². The molecular weight excluding hydrogens is 232 g/mol. The van der Waals surface area contributed by atoms with Gasteiger partial charge in [0, 0.05) is 25.6 Å². The SMILES string of the molecule is CN1CCOC(CN2CCC(C(N)=NO)CC2)C1. The van der Waals surface area contributed by atoms with Gasteiger partial charge in [-0.3, -0.25) is 0 Å². The van der Waals surface area contributed by atoms with Crippen LogP contribution in [0.4, 0.5) is 0 Å². The fraction of sp³-hybridized carbons (Fsp3) is 0.917. The van der Waals surface area contributed by atoms with Crippen molar-refractivity contribution in [2.45, 2.75) is 18.9 Å². The van der Waals surface area contributed by atoms with Crippen LogP contribution in [0.3, 0.4) is 0 Å². The first-order chi connectivity index (χ1) is 8.69. The van der Waals surface area contributed by atoms with Crippen molar-refractivity contribution in [3.8, 4) is 0 Å². The summed E-state index contributed by atoms with van der Waals surface area (Å²) in [6.45, 7) is 5.88. The number of ether oxygens (including phenoxy) is 1. The maximum atomic E-state index is 8.67. The van der Waals surface area contributed by atoms with Gasteiger partial charge in [0.2, 0.25) is 0 Å². The second-order valence-corrected chi connectivity index (χ2v) is 5.35. The zero-order chi connectivity index (χ0) is 13.0. The molecule has 2 fully saturated rings. The fourth-order valence-electron chi connectivity index (χ4n) is 2.76. The summed E-state index contributed by atoms with van der Waals surface area (Å²) in [4.78, 5) is 4.74. The molecule has 18 heavy (non-hydrogen) atoms. The molecule has 2 saturated heterocycles. The van der Waals surface area contributed by atoms with Gasteiger partial charge in [0.25, 0.3) is 0 Å². The van der Waals surface area contributed by atoms with Crippen LogP contribution >= 0.6 is 0 Å². The first-order valence-corrected chi connectivity index (χ1v) is 6.69. The normalized spacial score (nSPS) is 29.6. The van der Waals surface area contributed by atoms with E-state index in [2.05, 4.69) is 22.0 Å². The highest BCUT2D eigenvalue weighted by Gasteiger charge is 2.26. The summed E-state index contributed by atoms with van der Waals surface area (Å²) in [5.74, 6) is 0.615. The minimum atomic E-state index is 0.237. The lowest BCUT2D eigenvalue weighted by Gasteiger charge is -2.36. The van der Waals surface area contributed by atoms with Crippen molar-refractivity contribution in [3.05, 3.63) is 0 Å². The van der Waals surface area contributed by atoms with E-state index in [9.17, 15) is 0 Å². The Bertz CT molecular complexity index is 290. The molecule has 0 spiro atoms. The third-order valence-electron chi connectivity index (χ3n) is 3.93. The Labute approximate surface area is 108 Å². The number of nitrogens with two attached hydrogens (primary N) is 1. The van der Waals surface area contributed by atoms with Crippen LogP contribution in [0.25, 0.3) is 0 Å². The van der Waals surface area contributed by atoms with Crippen LogP contribution in [0.15, 0.2) is 5.16 Å². The topological polar surface area (TPSA) is 74.3 Å². The molecule has 2 heterocycles. The Kier molecular flexibility index (Phi) is 4.79. The average molecular weight is 256 g/mol. The lowest BCUT2D eigenvalue weighted by atomic mass is 9.95. The molecule has 1 unspecified atom stereocenters. The van der Waals surface area contributed by atoms with Crippen molar-refractivity contribution in [1.82, 2.24) is 9.80 Å². The summed E-state index contributed by atoms with van der Waals surface area (Å²) in [6, 6.07) is 0. The lowest BCUT2D eigenvalue weighted by Crippen LogP contribution is -2.48. The molecular formula is C12H24N4O2. The number of hydrogen-bond donors (Lipinski definition) is 2. The summed E-state index contributed by atoms with van der Waals surface area (Å²) in [5.41, 5.74) is 5.65. The first kappa shape index (κ1) is 13.6. The number of likely N-dealkylation sites (tertiary alicyclic amines) is 1. The molecule has 1 atom stereocenters. The van der Waals surface area contributed by atoms with Gasteiger partial charge in [-0.25, -0.2) is 0 Å². The molecule has 104 valence electrons. The first-order valence-electron chi connectivity index (χ1n) is 6.69. The van der Waals surface area contributed by atoms with Crippen LogP contribution in [0.2, 0.25) is 0 Å². The minimum absolute atomic E-state index is 0.237. The van der Waals surface area contributed by atoms with Gasteiger partial charge in [0.15, 0.2) is 0 Å². The van der Waals surface area contributed by atoms with E-state index < -0.39 is 0 Å². The highest BCUT2D eigenvalue weighted by Crippen LogP contribution is 2.18. The van der Waals surface area contributed by atoms with Crippen LogP contribution in [0.1, 0.15) is 12.8 Å². The van der Waals surface area contributed by atoms with E-state index in [1.165, 1.54) is 0 Å². The number of likely N-dealkylation sites (N-methyl/N-ethyl adjacent to an activating group) is 1. The molecule has 0 aliphatic carbocycles. The summed E-state index contributed by atoms with van der Waals surface area (Å²) < 4.78 is 5.77. The molecule has 0 aromatic heterocycles. The van der Waals surface area contributed by atoms with Crippen molar-refractivity contribution in [2.75, 3.05) is 46.4 Å². The number of hydrogen-bond acceptors (Lipinski definition) is 5. The van der Waals surface area contributed by atoms with E-state index in [4.69, 9.17) is 15.7 Å². The molecule has 0 bridgehead atoms. The maximum Gasteiger partial charge on any atom is 0.142 e. The van der Waals surface area contributed by atoms with E-state index >= 15 is 0 Å². The molecule has 6 heteroatoms. The predicted octanol–water partition coefficient (Wildman–Crippen LogP) is -0.225. The van der Waals surface area contributed by atoms with Crippen LogP contribution in [0, 0.1) is 5.92 Å². The summed E-state index contributed by atoms with van der Waals surface area (Å²) >= 11 is 0. The second-order valence-electron chi connectivity index (χ2n) is 5.35. The van der Waals surface area contributed by atoms with Crippen LogP contribution in [-0.2, 0) is 4.74 Å². The second kappa shape index (κ2) is 6.36. The summed E-state index contributed by atoms with van der Waals surface area (Å²) in [7, 11) is 2.14. The fourth-order valence-corrected chi connectivity index (χ4v) is 2.76. The van der Waals surface area contributed by atoms with Gasteiger partial charge in [-0.05, 0) is 33.0 Å². The van der Waals surface area contributed by atoms with Crippen molar-refractivity contribution in [1.29, 1.82) is 0 Å². The Morgan fingerprint density at radius 3 is 2.72 bits per heavy atom. The Morgan fingerprint density at radius 2 is 2.11 bits per heavy atom. The number of rotatable bonds is 3. The lowest BCUT2D eigenvalue weighted by molar-refractivity contribution is -0.0384. The maximum absolute atomic E-state index is 8.67. The summed E-state index contributed by atoms with van der Waals surface area (Å²) in [5, 5.41) is 11.8. The highest BCUT2D eigenvalue weighted by molar-refractivity contribution is 5.82. The van der Waals surface area contributed by atoms with Crippen LogP contribution in [-0.4, -0.2) is 73.3 Å². The third-order valence-corrected chi connectivity index (χ3v) is 3.93. The molecule has 0 radical (unpaired) electrons. The van der Waals surface area contributed by atoms with Gasteiger partial charge in [-0.1, -0.05) is 5.16 Å². The van der Waals surface area contributed by atoms with Crippen molar-refractivity contribution in [2.24, 2.45) is 16.8 Å². The molecule has 0 aromatic carbocycles. The number of nitrogens with zero attached hydrogens (tertiary/aromatic N) is 3. The molecule has 2 aliphatic rings. The van der Waals surface area contributed by atoms with Gasteiger partial charge in [-0.2, -0.15) is 0 Å². The molecule has 2 rings (SSSR count). The third kappa shape index (κ3) is 3.57. The molecule has 0 aromatic rings. The Hall–Kier alpha value is -0.850. The zero-order valence-corrected chi connectivity index (χ0v) is 11.1. The highest BCUT2D eigenvalue weighted by atomic mass is 16.5. The standard InChI is InChI=1S/C12H24N4O2/c1-15-6-7-18-11(8-15)9-16-4-2-10(3-5-16)12(13)14-17/h10-11,17H,2-9H2,1H3,(H2,13,14). The molecule has 0 saturated carbocycles. The average Bonchev–Trinajstić information content (AvgIpc) is 2.39. The minimum Gasteiger partial charge on any atom is -0.409 e. The predicted molar refractivity (Wildman–Crippen MR) is 69.8 cm³/mol. The smallest absolute Gasteiger partial charge is 0.142 e. The molecule has 2 aliphatic heterocycles. The molecule has 0 amide bonds.